The van der Waals surface area contributed by atoms with Gasteiger partial charge in [-0.25, -0.2) is 4.98 Å². The van der Waals surface area contributed by atoms with Crippen molar-refractivity contribution < 1.29 is 23.1 Å². The number of nitrogens with one attached hydrogen (secondary N) is 1. The Labute approximate surface area is 106 Å². The highest BCUT2D eigenvalue weighted by Crippen LogP contribution is 2.42. The third kappa shape index (κ3) is 2.99. The summed E-state index contributed by atoms with van der Waals surface area (Å²) in [5.41, 5.74) is -2.86. The van der Waals surface area contributed by atoms with Crippen LogP contribution in [0.15, 0.2) is 5.38 Å². The number of aliphatic hydroxyl groups is 1. The van der Waals surface area contributed by atoms with E-state index in [-0.39, 0.29) is 6.54 Å². The number of rotatable bonds is 4. The summed E-state index contributed by atoms with van der Waals surface area (Å²) >= 11 is 0.682. The smallest absolute Gasteiger partial charge is 0.374 e. The summed E-state index contributed by atoms with van der Waals surface area (Å²) in [4.78, 5) is 14.9. The number of thiazole rings is 1. The average molecular weight is 282 g/mol. The molecule has 8 heteroatoms. The van der Waals surface area contributed by atoms with Gasteiger partial charge in [0.25, 0.3) is 0 Å². The molecule has 0 fully saturated rings. The summed E-state index contributed by atoms with van der Waals surface area (Å²) in [7, 11) is 0. The number of halogens is 3. The molecule has 1 aromatic heterocycles. The first-order valence-electron chi connectivity index (χ1n) is 5.19. The number of carbonyl (C=O) groups excluding carboxylic acids is 1. The number of alkyl halides is 3. The van der Waals surface area contributed by atoms with Crippen molar-refractivity contribution in [2.45, 2.75) is 32.0 Å². The second kappa shape index (κ2) is 5.23. The summed E-state index contributed by atoms with van der Waals surface area (Å²) in [6.45, 7) is 3.30. The van der Waals surface area contributed by atoms with E-state index in [1.807, 2.05) is 0 Å². The van der Waals surface area contributed by atoms with E-state index in [1.54, 1.807) is 6.92 Å². The van der Waals surface area contributed by atoms with E-state index in [0.29, 0.717) is 17.0 Å². The SMILES string of the molecule is CCNC(=O)C[C@](O)(c1nc(C)cs1)C(F)(F)F. The monoisotopic (exact) mass is 282 g/mol. The lowest BCUT2D eigenvalue weighted by Gasteiger charge is -2.27. The molecule has 0 unspecified atom stereocenters. The molecule has 0 saturated heterocycles. The van der Waals surface area contributed by atoms with Crippen molar-refractivity contribution >= 4 is 17.2 Å². The van der Waals surface area contributed by atoms with Crippen LogP contribution < -0.4 is 5.32 Å². The molecule has 1 amide bonds. The maximum Gasteiger partial charge on any atom is 0.424 e. The Morgan fingerprint density at radius 1 is 1.56 bits per heavy atom. The summed E-state index contributed by atoms with van der Waals surface area (Å²) < 4.78 is 38.8. The van der Waals surface area contributed by atoms with Crippen molar-refractivity contribution in [3.8, 4) is 0 Å². The zero-order valence-corrected chi connectivity index (χ0v) is 10.7. The van der Waals surface area contributed by atoms with Crippen molar-refractivity contribution in [2.75, 3.05) is 6.54 Å². The third-order valence-electron chi connectivity index (χ3n) is 2.23. The number of hydrogen-bond acceptors (Lipinski definition) is 4. The van der Waals surface area contributed by atoms with E-state index >= 15 is 0 Å². The van der Waals surface area contributed by atoms with Crippen LogP contribution in [-0.2, 0) is 10.4 Å². The largest absolute Gasteiger partial charge is 0.424 e. The van der Waals surface area contributed by atoms with Crippen LogP contribution in [0.4, 0.5) is 13.2 Å². The van der Waals surface area contributed by atoms with Crippen LogP contribution in [0.3, 0.4) is 0 Å². The number of aromatic nitrogens is 1. The molecule has 0 aliphatic heterocycles. The Hall–Kier alpha value is -1.15. The van der Waals surface area contributed by atoms with Crippen LogP contribution >= 0.6 is 11.3 Å². The quantitative estimate of drug-likeness (QED) is 0.884. The third-order valence-corrected chi connectivity index (χ3v) is 3.34. The van der Waals surface area contributed by atoms with Gasteiger partial charge < -0.3 is 10.4 Å². The van der Waals surface area contributed by atoms with Crippen LogP contribution in [0, 0.1) is 6.92 Å². The minimum atomic E-state index is -4.96. The maximum absolute atomic E-state index is 12.9. The van der Waals surface area contributed by atoms with E-state index < -0.39 is 29.1 Å². The molecule has 1 aromatic rings. The number of amides is 1. The molecule has 4 nitrogen and oxygen atoms in total. The molecule has 102 valence electrons. The first kappa shape index (κ1) is 14.9. The topological polar surface area (TPSA) is 62.2 Å². The summed E-state index contributed by atoms with van der Waals surface area (Å²) in [5.74, 6) is -0.870. The van der Waals surface area contributed by atoms with E-state index in [9.17, 15) is 23.1 Å². The Morgan fingerprint density at radius 3 is 2.56 bits per heavy atom. The van der Waals surface area contributed by atoms with Gasteiger partial charge in [0.2, 0.25) is 11.5 Å². The fraction of sp³-hybridized carbons (Fsp3) is 0.600. The van der Waals surface area contributed by atoms with Gasteiger partial charge in [-0.15, -0.1) is 11.3 Å². The molecule has 0 aliphatic carbocycles. The highest BCUT2D eigenvalue weighted by Gasteiger charge is 2.58. The second-order valence-electron chi connectivity index (χ2n) is 3.78. The highest BCUT2D eigenvalue weighted by molar-refractivity contribution is 7.09. The Balaban J connectivity index is 3.08. The van der Waals surface area contributed by atoms with Crippen molar-refractivity contribution in [2.24, 2.45) is 0 Å². The second-order valence-corrected chi connectivity index (χ2v) is 4.64. The zero-order chi connectivity index (χ0) is 14.0. The van der Waals surface area contributed by atoms with E-state index in [1.165, 1.54) is 12.3 Å². The fourth-order valence-electron chi connectivity index (χ4n) is 1.33. The van der Waals surface area contributed by atoms with Gasteiger partial charge in [0.15, 0.2) is 0 Å². The van der Waals surface area contributed by atoms with Gasteiger partial charge >= 0.3 is 6.18 Å². The van der Waals surface area contributed by atoms with Crippen molar-refractivity contribution in [3.63, 3.8) is 0 Å². The van der Waals surface area contributed by atoms with Gasteiger partial charge in [-0.2, -0.15) is 13.2 Å². The first-order valence-corrected chi connectivity index (χ1v) is 6.07. The van der Waals surface area contributed by atoms with Gasteiger partial charge in [-0.1, -0.05) is 0 Å². The Morgan fingerprint density at radius 2 is 2.17 bits per heavy atom. The van der Waals surface area contributed by atoms with Crippen LogP contribution in [0.1, 0.15) is 24.0 Å². The normalized spacial score (nSPS) is 15.2. The number of aryl methyl sites for hydroxylation is 1. The van der Waals surface area contributed by atoms with Gasteiger partial charge in [-0.05, 0) is 13.8 Å². The van der Waals surface area contributed by atoms with Crippen molar-refractivity contribution in [1.82, 2.24) is 10.3 Å². The van der Waals surface area contributed by atoms with Crippen LogP contribution in [-0.4, -0.2) is 28.7 Å². The molecular weight excluding hydrogens is 269 g/mol. The number of carbonyl (C=O) groups is 1. The molecule has 0 radical (unpaired) electrons. The summed E-state index contributed by atoms with van der Waals surface area (Å²) in [5, 5.41) is 12.9. The fourth-order valence-corrected chi connectivity index (χ4v) is 2.25. The average Bonchev–Trinajstić information content (AvgIpc) is 2.63. The van der Waals surface area contributed by atoms with Gasteiger partial charge in [0.1, 0.15) is 5.01 Å². The highest BCUT2D eigenvalue weighted by atomic mass is 32.1. The molecule has 0 aliphatic rings. The van der Waals surface area contributed by atoms with Gasteiger partial charge in [0.05, 0.1) is 6.42 Å². The predicted octanol–water partition coefficient (Wildman–Crippen LogP) is 1.73. The molecule has 0 saturated carbocycles. The molecule has 1 atom stereocenters. The molecule has 1 heterocycles. The van der Waals surface area contributed by atoms with Crippen LogP contribution in [0.25, 0.3) is 0 Å². The molecule has 2 N–H and O–H groups in total. The lowest BCUT2D eigenvalue weighted by atomic mass is 9.99. The maximum atomic E-state index is 12.9. The lowest BCUT2D eigenvalue weighted by molar-refractivity contribution is -0.267. The first-order chi connectivity index (χ1) is 8.20. The van der Waals surface area contributed by atoms with E-state index in [2.05, 4.69) is 10.3 Å². The minimum absolute atomic E-state index is 0.198. The summed E-state index contributed by atoms with van der Waals surface area (Å²) in [6, 6.07) is 0. The van der Waals surface area contributed by atoms with Crippen LogP contribution in [0.2, 0.25) is 0 Å². The summed E-state index contributed by atoms with van der Waals surface area (Å²) in [6.07, 6.45) is -6.04. The van der Waals surface area contributed by atoms with Crippen molar-refractivity contribution in [3.05, 3.63) is 16.1 Å². The molecule has 18 heavy (non-hydrogen) atoms. The predicted molar refractivity (Wildman–Crippen MR) is 60.1 cm³/mol. The van der Waals surface area contributed by atoms with E-state index in [0.717, 1.165) is 0 Å². The Kier molecular flexibility index (Phi) is 4.33. The lowest BCUT2D eigenvalue weighted by Crippen LogP contribution is -2.46. The van der Waals surface area contributed by atoms with Gasteiger partial charge in [0, 0.05) is 17.6 Å². The number of nitrogens with zero attached hydrogens (tertiary/aromatic N) is 1. The zero-order valence-electron chi connectivity index (χ0n) is 9.84. The molecular formula is C10H13F3N2O2S. The molecule has 1 rings (SSSR count). The molecule has 0 spiro atoms. The minimum Gasteiger partial charge on any atom is -0.374 e. The standard InChI is InChI=1S/C10H13F3N2O2S/c1-3-14-7(16)4-9(17,10(11,12)13)8-15-6(2)5-18-8/h5,17H,3-4H2,1-2H3,(H,14,16)/t9-/m0/s1. The number of hydrogen-bond donors (Lipinski definition) is 2. The van der Waals surface area contributed by atoms with Crippen LogP contribution in [0.5, 0.6) is 0 Å². The Bertz CT molecular complexity index is 433. The van der Waals surface area contributed by atoms with Gasteiger partial charge in [-0.3, -0.25) is 4.79 Å². The van der Waals surface area contributed by atoms with E-state index in [4.69, 9.17) is 0 Å². The molecule has 0 aromatic carbocycles. The molecule has 0 bridgehead atoms. The van der Waals surface area contributed by atoms with Crippen molar-refractivity contribution in [1.29, 1.82) is 0 Å².